The molecule has 3 nitrogen and oxygen atoms in total. The van der Waals surface area contributed by atoms with Gasteiger partial charge in [-0.05, 0) is 24.5 Å². The molecule has 0 fully saturated rings. The molecule has 0 spiro atoms. The summed E-state index contributed by atoms with van der Waals surface area (Å²) in [4.78, 5) is 0. The SMILES string of the molecule is CCOc1cc(NCc2ccccc2CC)c(N)cc1F. The molecule has 3 N–H and O–H groups in total. The summed E-state index contributed by atoms with van der Waals surface area (Å²) >= 11 is 0. The number of halogens is 1. The van der Waals surface area contributed by atoms with Crippen LogP contribution in [0.5, 0.6) is 5.75 Å². The van der Waals surface area contributed by atoms with Gasteiger partial charge in [-0.1, -0.05) is 31.2 Å². The molecule has 0 saturated carbocycles. The van der Waals surface area contributed by atoms with E-state index in [1.54, 1.807) is 6.07 Å². The summed E-state index contributed by atoms with van der Waals surface area (Å²) in [6.45, 7) is 5.00. The molecule has 0 aliphatic carbocycles. The number of benzene rings is 2. The molecule has 0 aliphatic rings. The van der Waals surface area contributed by atoms with Gasteiger partial charge in [0, 0.05) is 18.7 Å². The first-order valence-corrected chi connectivity index (χ1v) is 7.18. The van der Waals surface area contributed by atoms with Crippen molar-refractivity contribution in [3.8, 4) is 5.75 Å². The molecular weight excluding hydrogens is 267 g/mol. The van der Waals surface area contributed by atoms with Crippen molar-refractivity contribution in [2.45, 2.75) is 26.8 Å². The Morgan fingerprint density at radius 3 is 2.52 bits per heavy atom. The second-order valence-corrected chi connectivity index (χ2v) is 4.78. The van der Waals surface area contributed by atoms with Crippen LogP contribution in [0.2, 0.25) is 0 Å². The largest absolute Gasteiger partial charge is 0.491 e. The zero-order chi connectivity index (χ0) is 15.2. The van der Waals surface area contributed by atoms with E-state index < -0.39 is 5.82 Å². The van der Waals surface area contributed by atoms with Crippen LogP contribution in [-0.4, -0.2) is 6.61 Å². The second-order valence-electron chi connectivity index (χ2n) is 4.78. The summed E-state index contributed by atoms with van der Waals surface area (Å²) in [5, 5.41) is 3.26. The predicted octanol–water partition coefficient (Wildman–Crippen LogP) is 3.98. The number of anilines is 2. The summed E-state index contributed by atoms with van der Waals surface area (Å²) in [5.74, 6) is -0.216. The van der Waals surface area contributed by atoms with Gasteiger partial charge in [0.25, 0.3) is 0 Å². The van der Waals surface area contributed by atoms with Crippen LogP contribution in [0.4, 0.5) is 15.8 Å². The van der Waals surface area contributed by atoms with Crippen molar-refractivity contribution in [3.63, 3.8) is 0 Å². The fourth-order valence-electron chi connectivity index (χ4n) is 2.25. The topological polar surface area (TPSA) is 47.3 Å². The van der Waals surface area contributed by atoms with Crippen LogP contribution < -0.4 is 15.8 Å². The van der Waals surface area contributed by atoms with Crippen molar-refractivity contribution in [3.05, 3.63) is 53.3 Å². The van der Waals surface area contributed by atoms with Crippen molar-refractivity contribution < 1.29 is 9.13 Å². The van der Waals surface area contributed by atoms with Gasteiger partial charge in [0.1, 0.15) is 0 Å². The van der Waals surface area contributed by atoms with E-state index in [1.165, 1.54) is 17.2 Å². The van der Waals surface area contributed by atoms with Crippen molar-refractivity contribution in [2.75, 3.05) is 17.7 Å². The van der Waals surface area contributed by atoms with Crippen LogP contribution >= 0.6 is 0 Å². The minimum atomic E-state index is -0.436. The van der Waals surface area contributed by atoms with E-state index in [-0.39, 0.29) is 5.75 Å². The lowest BCUT2D eigenvalue weighted by Gasteiger charge is -2.14. The molecule has 0 heterocycles. The Labute approximate surface area is 124 Å². The molecular formula is C17H21FN2O. The number of rotatable bonds is 6. The molecule has 0 aromatic heterocycles. The zero-order valence-corrected chi connectivity index (χ0v) is 12.4. The van der Waals surface area contributed by atoms with E-state index in [9.17, 15) is 4.39 Å². The van der Waals surface area contributed by atoms with Gasteiger partial charge in [0.2, 0.25) is 0 Å². The fourth-order valence-corrected chi connectivity index (χ4v) is 2.25. The van der Waals surface area contributed by atoms with Crippen LogP contribution in [0.25, 0.3) is 0 Å². The number of hydrogen-bond donors (Lipinski definition) is 2. The Kier molecular flexibility index (Phi) is 5.04. The van der Waals surface area contributed by atoms with E-state index in [4.69, 9.17) is 10.5 Å². The van der Waals surface area contributed by atoms with Gasteiger partial charge in [-0.2, -0.15) is 0 Å². The molecule has 0 bridgehead atoms. The Balaban J connectivity index is 2.17. The number of nitrogens with one attached hydrogen (secondary N) is 1. The average Bonchev–Trinajstić information content (AvgIpc) is 2.49. The lowest BCUT2D eigenvalue weighted by atomic mass is 10.1. The highest BCUT2D eigenvalue weighted by molar-refractivity contribution is 5.68. The molecule has 21 heavy (non-hydrogen) atoms. The zero-order valence-electron chi connectivity index (χ0n) is 12.4. The third-order valence-electron chi connectivity index (χ3n) is 3.37. The number of nitrogens with two attached hydrogens (primary N) is 1. The van der Waals surface area contributed by atoms with Crippen molar-refractivity contribution in [2.24, 2.45) is 0 Å². The smallest absolute Gasteiger partial charge is 0.167 e. The van der Waals surface area contributed by atoms with Crippen molar-refractivity contribution in [1.82, 2.24) is 0 Å². The van der Waals surface area contributed by atoms with Crippen LogP contribution in [0, 0.1) is 5.82 Å². The van der Waals surface area contributed by atoms with Crippen LogP contribution in [0.3, 0.4) is 0 Å². The van der Waals surface area contributed by atoms with E-state index >= 15 is 0 Å². The third kappa shape index (κ3) is 3.66. The summed E-state index contributed by atoms with van der Waals surface area (Å²) in [5.41, 5.74) is 9.43. The summed E-state index contributed by atoms with van der Waals surface area (Å²) in [6, 6.07) is 11.1. The van der Waals surface area contributed by atoms with E-state index in [1.807, 2.05) is 19.1 Å². The lowest BCUT2D eigenvalue weighted by molar-refractivity contribution is 0.322. The van der Waals surface area contributed by atoms with Gasteiger partial charge in [0.05, 0.1) is 18.0 Å². The molecule has 112 valence electrons. The standard InChI is InChI=1S/C17H21FN2O/c1-3-12-7-5-6-8-13(12)11-20-16-10-17(21-4-2)14(18)9-15(16)19/h5-10,20H,3-4,11,19H2,1-2H3. The normalized spacial score (nSPS) is 10.4. The Morgan fingerprint density at radius 1 is 1.14 bits per heavy atom. The highest BCUT2D eigenvalue weighted by Crippen LogP contribution is 2.28. The fraction of sp³-hybridized carbons (Fsp3) is 0.294. The Bertz CT molecular complexity index is 614. The minimum Gasteiger partial charge on any atom is -0.491 e. The molecule has 0 aliphatic heterocycles. The first-order valence-electron chi connectivity index (χ1n) is 7.18. The van der Waals surface area contributed by atoms with Crippen molar-refractivity contribution >= 4 is 11.4 Å². The minimum absolute atomic E-state index is 0.220. The molecule has 0 radical (unpaired) electrons. The maximum Gasteiger partial charge on any atom is 0.167 e. The van der Waals surface area contributed by atoms with Gasteiger partial charge in [0.15, 0.2) is 11.6 Å². The molecule has 0 atom stereocenters. The molecule has 2 aromatic rings. The van der Waals surface area contributed by atoms with Crippen molar-refractivity contribution in [1.29, 1.82) is 0 Å². The highest BCUT2D eigenvalue weighted by Gasteiger charge is 2.09. The van der Waals surface area contributed by atoms with E-state index in [0.29, 0.717) is 24.5 Å². The van der Waals surface area contributed by atoms with E-state index in [2.05, 4.69) is 24.4 Å². The quantitative estimate of drug-likeness (QED) is 0.790. The monoisotopic (exact) mass is 288 g/mol. The molecule has 0 amide bonds. The van der Waals surface area contributed by atoms with Crippen LogP contribution in [-0.2, 0) is 13.0 Å². The second kappa shape index (κ2) is 6.97. The van der Waals surface area contributed by atoms with Crippen LogP contribution in [0.1, 0.15) is 25.0 Å². The first kappa shape index (κ1) is 15.2. The lowest BCUT2D eigenvalue weighted by Crippen LogP contribution is -2.06. The predicted molar refractivity (Wildman–Crippen MR) is 85.1 cm³/mol. The summed E-state index contributed by atoms with van der Waals surface area (Å²) in [7, 11) is 0. The van der Waals surface area contributed by atoms with Gasteiger partial charge < -0.3 is 15.8 Å². The number of nitrogen functional groups attached to an aromatic ring is 1. The molecule has 0 unspecified atom stereocenters. The summed E-state index contributed by atoms with van der Waals surface area (Å²) < 4.78 is 18.9. The molecule has 4 heteroatoms. The third-order valence-corrected chi connectivity index (χ3v) is 3.37. The number of hydrogen-bond acceptors (Lipinski definition) is 3. The maximum atomic E-state index is 13.7. The van der Waals surface area contributed by atoms with Crippen LogP contribution in [0.15, 0.2) is 36.4 Å². The van der Waals surface area contributed by atoms with Gasteiger partial charge in [-0.25, -0.2) is 4.39 Å². The summed E-state index contributed by atoms with van der Waals surface area (Å²) in [6.07, 6.45) is 0.973. The molecule has 2 aromatic carbocycles. The molecule has 0 saturated heterocycles. The highest BCUT2D eigenvalue weighted by atomic mass is 19.1. The Morgan fingerprint density at radius 2 is 1.86 bits per heavy atom. The van der Waals surface area contributed by atoms with E-state index in [0.717, 1.165) is 6.42 Å². The number of ether oxygens (including phenoxy) is 1. The Hall–Kier alpha value is -2.23. The first-order chi connectivity index (χ1) is 10.2. The average molecular weight is 288 g/mol. The van der Waals surface area contributed by atoms with Gasteiger partial charge in [-0.15, -0.1) is 0 Å². The maximum absolute atomic E-state index is 13.7. The van der Waals surface area contributed by atoms with Gasteiger partial charge >= 0.3 is 0 Å². The molecule has 2 rings (SSSR count). The van der Waals surface area contributed by atoms with Gasteiger partial charge in [-0.3, -0.25) is 0 Å². The number of aryl methyl sites for hydroxylation is 1.